The third-order valence-corrected chi connectivity index (χ3v) is 11.5. The van der Waals surface area contributed by atoms with Crippen LogP contribution in [0.3, 0.4) is 0 Å². The van der Waals surface area contributed by atoms with Crippen molar-refractivity contribution in [3.8, 4) is 44.6 Å². The molecule has 0 unspecified atom stereocenters. The third-order valence-electron chi connectivity index (χ3n) is 11.5. The fourth-order valence-electron chi connectivity index (χ4n) is 9.10. The molecule has 1 aromatic heterocycles. The van der Waals surface area contributed by atoms with Gasteiger partial charge in [0.15, 0.2) is 0 Å². The number of para-hydroxylation sites is 4. The normalized spacial score (nSPS) is 14.4. The first-order valence-corrected chi connectivity index (χ1v) is 18.0. The molecule has 52 heavy (non-hydrogen) atoms. The summed E-state index contributed by atoms with van der Waals surface area (Å²) < 4.78 is 0. The van der Waals surface area contributed by atoms with Gasteiger partial charge in [0.2, 0.25) is 5.95 Å². The summed E-state index contributed by atoms with van der Waals surface area (Å²) >= 11 is 0. The molecule has 0 saturated carbocycles. The molecule has 2 aliphatic heterocycles. The van der Waals surface area contributed by atoms with Crippen LogP contribution in [0.1, 0.15) is 25.0 Å². The van der Waals surface area contributed by atoms with E-state index >= 15 is 0 Å². The Hall–Kier alpha value is -6.46. The first-order chi connectivity index (χ1) is 25.6. The Morgan fingerprint density at radius 2 is 1.08 bits per heavy atom. The Labute approximate surface area is 303 Å². The Kier molecular flexibility index (Phi) is 6.07. The van der Waals surface area contributed by atoms with Crippen LogP contribution in [0, 0.1) is 0 Å². The van der Waals surface area contributed by atoms with Crippen molar-refractivity contribution in [1.29, 1.82) is 0 Å². The number of fused-ring (bicyclic) bond motifs is 8. The molecule has 0 bridgehead atoms. The van der Waals surface area contributed by atoms with E-state index in [2.05, 4.69) is 187 Å². The van der Waals surface area contributed by atoms with Crippen LogP contribution in [0.25, 0.3) is 55.5 Å². The van der Waals surface area contributed by atoms with Crippen LogP contribution in [0.15, 0.2) is 164 Å². The lowest BCUT2D eigenvalue weighted by molar-refractivity contribution is 0.660. The summed E-state index contributed by atoms with van der Waals surface area (Å²) in [5.41, 5.74) is 17.7. The number of rotatable bonds is 3. The van der Waals surface area contributed by atoms with E-state index in [1.807, 2.05) is 0 Å². The summed E-state index contributed by atoms with van der Waals surface area (Å²) in [6.45, 7) is 4.44. The maximum Gasteiger partial charge on any atom is 0.424 e. The predicted molar refractivity (Wildman–Crippen MR) is 216 cm³/mol. The van der Waals surface area contributed by atoms with Crippen molar-refractivity contribution >= 4 is 46.4 Å². The first-order valence-electron chi connectivity index (χ1n) is 18.0. The summed E-state index contributed by atoms with van der Waals surface area (Å²) in [5, 5.41) is 1.04. The van der Waals surface area contributed by atoms with Crippen molar-refractivity contribution in [2.75, 3.05) is 9.62 Å². The molecule has 7 aromatic carbocycles. The van der Waals surface area contributed by atoms with E-state index in [9.17, 15) is 0 Å². The minimum Gasteiger partial charge on any atom is -0.361 e. The van der Waals surface area contributed by atoms with Crippen LogP contribution in [-0.4, -0.2) is 17.0 Å². The molecule has 4 nitrogen and oxygen atoms in total. The van der Waals surface area contributed by atoms with Gasteiger partial charge < -0.3 is 9.62 Å². The van der Waals surface area contributed by atoms with Gasteiger partial charge >= 0.3 is 6.98 Å². The van der Waals surface area contributed by atoms with Gasteiger partial charge in [-0.25, -0.2) is 9.97 Å². The van der Waals surface area contributed by atoms with Crippen molar-refractivity contribution in [3.05, 3.63) is 175 Å². The number of anilines is 4. The molecule has 0 fully saturated rings. The van der Waals surface area contributed by atoms with Gasteiger partial charge in [0.25, 0.3) is 0 Å². The van der Waals surface area contributed by atoms with Crippen LogP contribution in [0.2, 0.25) is 0 Å². The molecule has 5 heteroatoms. The van der Waals surface area contributed by atoms with Crippen LogP contribution in [0.4, 0.5) is 23.0 Å². The van der Waals surface area contributed by atoms with E-state index in [0.717, 1.165) is 39.2 Å². The molecule has 11 rings (SSSR count). The molecule has 244 valence electrons. The minimum atomic E-state index is -0.235. The molecule has 0 atom stereocenters. The second-order valence-electron chi connectivity index (χ2n) is 14.6. The predicted octanol–water partition coefficient (Wildman–Crippen LogP) is 10.9. The van der Waals surface area contributed by atoms with Crippen LogP contribution < -0.4 is 15.1 Å². The number of benzene rings is 7. The van der Waals surface area contributed by atoms with E-state index in [-0.39, 0.29) is 12.4 Å². The summed E-state index contributed by atoms with van der Waals surface area (Å²) in [6, 6.07) is 59.2. The lowest BCUT2D eigenvalue weighted by Crippen LogP contribution is -2.62. The van der Waals surface area contributed by atoms with E-state index < -0.39 is 0 Å². The zero-order valence-electron chi connectivity index (χ0n) is 29.0. The van der Waals surface area contributed by atoms with Gasteiger partial charge in [0.05, 0.1) is 11.2 Å². The molecule has 1 aliphatic carbocycles. The van der Waals surface area contributed by atoms with Gasteiger partial charge in [-0.05, 0) is 75.2 Å². The summed E-state index contributed by atoms with van der Waals surface area (Å²) in [5.74, 6) is 0.676. The van der Waals surface area contributed by atoms with Crippen molar-refractivity contribution in [2.24, 2.45) is 0 Å². The van der Waals surface area contributed by atoms with Crippen molar-refractivity contribution < 1.29 is 0 Å². The van der Waals surface area contributed by atoms with Crippen LogP contribution in [0.5, 0.6) is 0 Å². The zero-order valence-corrected chi connectivity index (χ0v) is 29.0. The molecule has 0 saturated heterocycles. The van der Waals surface area contributed by atoms with Gasteiger partial charge in [0, 0.05) is 44.6 Å². The Morgan fingerprint density at radius 3 is 1.85 bits per heavy atom. The highest BCUT2D eigenvalue weighted by atomic mass is 15.3. The quantitative estimate of drug-likeness (QED) is 0.176. The number of nitrogens with zero attached hydrogens (tertiary/aromatic N) is 4. The number of hydrogen-bond donors (Lipinski definition) is 0. The molecule has 0 radical (unpaired) electrons. The number of hydrogen-bond acceptors (Lipinski definition) is 4. The molecule has 0 amide bonds. The van der Waals surface area contributed by atoms with E-state index in [1.165, 1.54) is 50.0 Å². The molecular weight excluding hydrogens is 631 g/mol. The highest BCUT2D eigenvalue weighted by Gasteiger charge is 2.47. The maximum absolute atomic E-state index is 5.61. The van der Waals surface area contributed by atoms with E-state index in [4.69, 9.17) is 9.97 Å². The zero-order chi connectivity index (χ0) is 34.6. The Balaban J connectivity index is 1.19. The summed E-state index contributed by atoms with van der Waals surface area (Å²) in [7, 11) is 0. The minimum absolute atomic E-state index is 0.120. The number of aromatic nitrogens is 2. The SMILES string of the molecule is CC1(C)c2ccccc2-c2ccc(-c3nc(N4B5c6c(cccc6-c6ccccc64)-c4ccccc4N5c4ccccc4)nc4ccccc34)cc21. The van der Waals surface area contributed by atoms with Gasteiger partial charge in [-0.15, -0.1) is 0 Å². The molecular formula is C47H33BN4. The monoisotopic (exact) mass is 664 g/mol. The lowest BCUT2D eigenvalue weighted by Gasteiger charge is -2.46. The van der Waals surface area contributed by atoms with Crippen molar-refractivity contribution in [3.63, 3.8) is 0 Å². The van der Waals surface area contributed by atoms with Crippen molar-refractivity contribution in [1.82, 2.24) is 9.97 Å². The van der Waals surface area contributed by atoms with Gasteiger partial charge in [0.1, 0.15) is 0 Å². The largest absolute Gasteiger partial charge is 0.424 e. The third kappa shape index (κ3) is 3.99. The van der Waals surface area contributed by atoms with Crippen LogP contribution >= 0.6 is 0 Å². The second kappa shape index (κ2) is 10.8. The molecule has 3 aliphatic rings. The average Bonchev–Trinajstić information content (AvgIpc) is 3.43. The fraction of sp³-hybridized carbons (Fsp3) is 0.0638. The molecule has 0 spiro atoms. The van der Waals surface area contributed by atoms with Gasteiger partial charge in [-0.3, -0.25) is 0 Å². The van der Waals surface area contributed by atoms with E-state index in [1.54, 1.807) is 0 Å². The summed E-state index contributed by atoms with van der Waals surface area (Å²) in [6.07, 6.45) is 0. The maximum atomic E-state index is 5.61. The fourth-order valence-corrected chi connectivity index (χ4v) is 9.10. The van der Waals surface area contributed by atoms with Crippen LogP contribution in [-0.2, 0) is 5.41 Å². The second-order valence-corrected chi connectivity index (χ2v) is 14.6. The smallest absolute Gasteiger partial charge is 0.361 e. The van der Waals surface area contributed by atoms with Crippen molar-refractivity contribution in [2.45, 2.75) is 19.3 Å². The van der Waals surface area contributed by atoms with Gasteiger partial charge in [-0.2, -0.15) is 0 Å². The Morgan fingerprint density at radius 1 is 0.481 bits per heavy atom. The molecule has 8 aromatic rings. The highest BCUT2D eigenvalue weighted by molar-refractivity contribution is 6.86. The van der Waals surface area contributed by atoms with Gasteiger partial charge in [-0.1, -0.05) is 141 Å². The molecule has 3 heterocycles. The highest BCUT2D eigenvalue weighted by Crippen LogP contribution is 2.51. The average molecular weight is 665 g/mol. The lowest BCUT2D eigenvalue weighted by atomic mass is 9.54. The first kappa shape index (κ1) is 29.3. The molecule has 0 N–H and O–H groups in total. The summed E-state index contributed by atoms with van der Waals surface area (Å²) in [4.78, 5) is 15.9. The topological polar surface area (TPSA) is 32.3 Å². The van der Waals surface area contributed by atoms with E-state index in [0.29, 0.717) is 5.95 Å². The standard InChI is InChI=1S/C47H33BN4/c1-47(2)39-23-10-6-17-32(39)33-28-27-30(29-40(33)47)45-38-20-7-11-24-41(38)49-46(50-45)52-43-26-13-9-19-35(43)37-22-14-21-36-34-18-8-12-25-42(34)51(48(52)44(36)37)31-15-4-3-5-16-31/h3-29H,1-2H3. The Bertz CT molecular complexity index is 2740.